The van der Waals surface area contributed by atoms with Gasteiger partial charge in [0.2, 0.25) is 0 Å². The van der Waals surface area contributed by atoms with Crippen molar-refractivity contribution in [3.8, 4) is 11.5 Å². The van der Waals surface area contributed by atoms with Crippen LogP contribution in [0.2, 0.25) is 0 Å². The third-order valence-corrected chi connectivity index (χ3v) is 7.31. The van der Waals surface area contributed by atoms with Crippen molar-refractivity contribution in [3.63, 3.8) is 0 Å². The van der Waals surface area contributed by atoms with Gasteiger partial charge in [-0.05, 0) is 48.4 Å². The molecule has 1 fully saturated rings. The molecular weight excluding hydrogens is 454 g/mol. The van der Waals surface area contributed by atoms with E-state index in [1.807, 2.05) is 60.7 Å². The zero-order valence-corrected chi connectivity index (χ0v) is 19.3. The Morgan fingerprint density at radius 3 is 2.09 bits per heavy atom. The van der Waals surface area contributed by atoms with Crippen molar-refractivity contribution in [2.75, 3.05) is 18.1 Å². The fourth-order valence-corrected chi connectivity index (χ4v) is 5.53. The molecule has 1 heterocycles. The summed E-state index contributed by atoms with van der Waals surface area (Å²) in [5.41, 5.74) is 1.16. The number of para-hydroxylation sites is 1. The first-order valence-electron chi connectivity index (χ1n) is 10.9. The lowest BCUT2D eigenvalue weighted by atomic mass is 10.1. The maximum atomic E-state index is 13.0. The Bertz CT molecular complexity index is 1230. The first-order valence-corrected chi connectivity index (χ1v) is 12.8. The Kier molecular flexibility index (Phi) is 7.27. The van der Waals surface area contributed by atoms with Crippen molar-refractivity contribution >= 4 is 21.7 Å². The van der Waals surface area contributed by atoms with Gasteiger partial charge in [-0.25, -0.2) is 13.2 Å². The molecule has 1 unspecified atom stereocenters. The molecule has 0 N–H and O–H groups in total. The third-order valence-electron chi connectivity index (χ3n) is 5.56. The molecule has 1 aliphatic heterocycles. The number of sulfone groups is 1. The summed E-state index contributed by atoms with van der Waals surface area (Å²) >= 11 is 0. The Balaban J connectivity index is 1.38. The number of ether oxygens (including phenoxy) is 2. The van der Waals surface area contributed by atoms with Gasteiger partial charge in [-0.2, -0.15) is 0 Å². The summed E-state index contributed by atoms with van der Waals surface area (Å²) < 4.78 is 34.9. The summed E-state index contributed by atoms with van der Waals surface area (Å²) in [6.07, 6.45) is 0.373. The van der Waals surface area contributed by atoms with Crippen molar-refractivity contribution in [2.24, 2.45) is 0 Å². The fraction of sp³-hybridized carbons (Fsp3) is 0.231. The van der Waals surface area contributed by atoms with Crippen LogP contribution in [0.4, 0.5) is 0 Å². The van der Waals surface area contributed by atoms with Crippen LogP contribution >= 0.6 is 0 Å². The second-order valence-electron chi connectivity index (χ2n) is 8.08. The van der Waals surface area contributed by atoms with Gasteiger partial charge in [0, 0.05) is 12.6 Å². The molecule has 0 aliphatic carbocycles. The van der Waals surface area contributed by atoms with E-state index in [9.17, 15) is 18.0 Å². The summed E-state index contributed by atoms with van der Waals surface area (Å²) in [5, 5.41) is 0. The van der Waals surface area contributed by atoms with Gasteiger partial charge in [-0.1, -0.05) is 48.5 Å². The van der Waals surface area contributed by atoms with Crippen molar-refractivity contribution in [3.05, 3.63) is 96.1 Å². The number of carbonyl (C=O) groups is 2. The monoisotopic (exact) mass is 479 g/mol. The molecule has 3 aromatic carbocycles. The quantitative estimate of drug-likeness (QED) is 0.456. The van der Waals surface area contributed by atoms with E-state index in [1.165, 1.54) is 4.90 Å². The molecule has 0 bridgehead atoms. The summed E-state index contributed by atoms with van der Waals surface area (Å²) in [4.78, 5) is 27.0. The van der Waals surface area contributed by atoms with Crippen LogP contribution in [0.3, 0.4) is 0 Å². The van der Waals surface area contributed by atoms with Crippen LogP contribution in [-0.2, 0) is 25.9 Å². The van der Waals surface area contributed by atoms with E-state index in [2.05, 4.69) is 0 Å². The van der Waals surface area contributed by atoms with Crippen LogP contribution in [0, 0.1) is 0 Å². The number of rotatable bonds is 8. The summed E-state index contributed by atoms with van der Waals surface area (Å²) in [6, 6.07) is 24.6. The molecule has 4 rings (SSSR count). The summed E-state index contributed by atoms with van der Waals surface area (Å²) in [6.45, 7) is -0.215. The molecule has 0 spiro atoms. The minimum Gasteiger partial charge on any atom is -0.457 e. The SMILES string of the molecule is O=C(OCC(=O)N(Cc1ccccc1)C1CCS(=O)(=O)C1)c1ccc(Oc2ccccc2)cc1. The highest BCUT2D eigenvalue weighted by molar-refractivity contribution is 7.91. The normalized spacial score (nSPS) is 16.5. The Labute approximate surface area is 198 Å². The number of benzene rings is 3. The zero-order chi connectivity index (χ0) is 24.0. The van der Waals surface area contributed by atoms with Gasteiger partial charge < -0.3 is 14.4 Å². The van der Waals surface area contributed by atoms with Crippen LogP contribution in [0.15, 0.2) is 84.9 Å². The molecule has 34 heavy (non-hydrogen) atoms. The van der Waals surface area contributed by atoms with E-state index in [1.54, 1.807) is 24.3 Å². The summed E-state index contributed by atoms with van der Waals surface area (Å²) in [7, 11) is -3.18. The van der Waals surface area contributed by atoms with E-state index in [-0.39, 0.29) is 23.6 Å². The lowest BCUT2D eigenvalue weighted by Gasteiger charge is -2.28. The second kappa shape index (κ2) is 10.5. The highest BCUT2D eigenvalue weighted by Crippen LogP contribution is 2.22. The highest BCUT2D eigenvalue weighted by atomic mass is 32.2. The average Bonchev–Trinajstić information content (AvgIpc) is 3.21. The maximum absolute atomic E-state index is 13.0. The molecule has 1 atom stereocenters. The topological polar surface area (TPSA) is 90.0 Å². The van der Waals surface area contributed by atoms with Gasteiger partial charge in [-0.3, -0.25) is 4.79 Å². The predicted molar refractivity (Wildman–Crippen MR) is 127 cm³/mol. The van der Waals surface area contributed by atoms with Gasteiger partial charge in [0.1, 0.15) is 11.5 Å². The van der Waals surface area contributed by atoms with Crippen LogP contribution in [0.5, 0.6) is 11.5 Å². The van der Waals surface area contributed by atoms with E-state index in [0.29, 0.717) is 17.9 Å². The molecule has 8 heteroatoms. The molecule has 1 aliphatic rings. The van der Waals surface area contributed by atoms with Crippen molar-refractivity contribution in [1.29, 1.82) is 0 Å². The van der Waals surface area contributed by atoms with Gasteiger partial charge in [0.15, 0.2) is 16.4 Å². The molecule has 0 saturated carbocycles. The zero-order valence-electron chi connectivity index (χ0n) is 18.5. The Hall–Kier alpha value is -3.65. The summed E-state index contributed by atoms with van der Waals surface area (Å²) in [5.74, 6) is 0.142. The first kappa shape index (κ1) is 23.5. The number of nitrogens with zero attached hydrogens (tertiary/aromatic N) is 1. The molecule has 176 valence electrons. The van der Waals surface area contributed by atoms with Crippen LogP contribution < -0.4 is 4.74 Å². The van der Waals surface area contributed by atoms with Crippen LogP contribution in [0.1, 0.15) is 22.3 Å². The Morgan fingerprint density at radius 2 is 1.47 bits per heavy atom. The molecule has 0 aromatic heterocycles. The van der Waals surface area contributed by atoms with Crippen molar-refractivity contribution < 1.29 is 27.5 Å². The van der Waals surface area contributed by atoms with Gasteiger partial charge in [0.05, 0.1) is 17.1 Å². The van der Waals surface area contributed by atoms with Gasteiger partial charge in [0.25, 0.3) is 5.91 Å². The highest BCUT2D eigenvalue weighted by Gasteiger charge is 2.35. The van der Waals surface area contributed by atoms with Gasteiger partial charge in [-0.15, -0.1) is 0 Å². The number of carbonyl (C=O) groups excluding carboxylic acids is 2. The number of hydrogen-bond donors (Lipinski definition) is 0. The first-order chi connectivity index (χ1) is 16.4. The predicted octanol–water partition coefficient (Wildman–Crippen LogP) is 3.85. The fourth-order valence-electron chi connectivity index (χ4n) is 3.80. The lowest BCUT2D eigenvalue weighted by Crippen LogP contribution is -2.42. The minimum absolute atomic E-state index is 0.0490. The average molecular weight is 480 g/mol. The van der Waals surface area contributed by atoms with Gasteiger partial charge >= 0.3 is 5.97 Å². The molecular formula is C26H25NO6S. The molecule has 0 radical (unpaired) electrons. The number of hydrogen-bond acceptors (Lipinski definition) is 6. The van der Waals surface area contributed by atoms with E-state index < -0.39 is 34.4 Å². The Morgan fingerprint density at radius 1 is 0.853 bits per heavy atom. The third kappa shape index (κ3) is 6.23. The minimum atomic E-state index is -3.18. The second-order valence-corrected chi connectivity index (χ2v) is 10.3. The van der Waals surface area contributed by atoms with Crippen LogP contribution in [0.25, 0.3) is 0 Å². The van der Waals surface area contributed by atoms with Crippen molar-refractivity contribution in [1.82, 2.24) is 4.90 Å². The molecule has 1 saturated heterocycles. The lowest BCUT2D eigenvalue weighted by molar-refractivity contribution is -0.137. The van der Waals surface area contributed by atoms with E-state index in [0.717, 1.165) is 5.56 Å². The van der Waals surface area contributed by atoms with Crippen LogP contribution in [-0.4, -0.2) is 49.3 Å². The van der Waals surface area contributed by atoms with E-state index >= 15 is 0 Å². The largest absolute Gasteiger partial charge is 0.457 e. The molecule has 7 nitrogen and oxygen atoms in total. The smallest absolute Gasteiger partial charge is 0.338 e. The molecule has 3 aromatic rings. The van der Waals surface area contributed by atoms with E-state index in [4.69, 9.17) is 9.47 Å². The maximum Gasteiger partial charge on any atom is 0.338 e. The standard InChI is InChI=1S/C26H25NO6S/c28-25(27(17-20-7-3-1-4-8-20)22-15-16-34(30,31)19-22)18-32-26(29)21-11-13-24(14-12-21)33-23-9-5-2-6-10-23/h1-14,22H,15-19H2. The molecule has 1 amide bonds. The number of amides is 1. The number of esters is 1. The van der Waals surface area contributed by atoms with Crippen molar-refractivity contribution in [2.45, 2.75) is 19.0 Å².